The molecule has 1 atom stereocenters. The first-order valence-corrected chi connectivity index (χ1v) is 7.18. The minimum absolute atomic E-state index is 0.0223. The Balaban J connectivity index is 2.24. The summed E-state index contributed by atoms with van der Waals surface area (Å²) in [7, 11) is 0. The van der Waals surface area contributed by atoms with Crippen LogP contribution in [-0.4, -0.2) is 33.5 Å². The van der Waals surface area contributed by atoms with Crippen molar-refractivity contribution in [1.29, 1.82) is 0 Å². The highest BCUT2D eigenvalue weighted by atomic mass is 79.9. The fourth-order valence-corrected chi connectivity index (χ4v) is 2.87. The van der Waals surface area contributed by atoms with Crippen molar-refractivity contribution in [3.05, 3.63) is 38.3 Å². The Hall–Kier alpha value is -1.47. The zero-order valence-electron chi connectivity index (χ0n) is 10.8. The first kappa shape index (κ1) is 14.9. The van der Waals surface area contributed by atoms with Gasteiger partial charge in [0.15, 0.2) is 0 Å². The molecule has 0 radical (unpaired) electrons. The molecule has 1 aliphatic rings. The lowest BCUT2D eigenvalue weighted by atomic mass is 10.0. The Morgan fingerprint density at radius 1 is 1.50 bits per heavy atom. The maximum absolute atomic E-state index is 11.2. The minimum atomic E-state index is -0.857. The number of halogens is 1. The number of hydrogen-bond donors (Lipinski definition) is 1. The van der Waals surface area contributed by atoms with Crippen molar-refractivity contribution in [3.63, 3.8) is 0 Å². The second-order valence-corrected chi connectivity index (χ2v) is 5.77. The monoisotopic (exact) mass is 342 g/mol. The van der Waals surface area contributed by atoms with Crippen LogP contribution >= 0.6 is 15.9 Å². The number of hydrogen-bond acceptors (Lipinski definition) is 4. The summed E-state index contributed by atoms with van der Waals surface area (Å²) in [6.07, 6.45) is 2.41. The number of nitro groups is 1. The second kappa shape index (κ2) is 6.32. The van der Waals surface area contributed by atoms with Gasteiger partial charge in [0.2, 0.25) is 0 Å². The van der Waals surface area contributed by atoms with E-state index in [4.69, 9.17) is 0 Å². The number of carbonyl (C=O) groups is 1. The SMILES string of the molecule is O=C(O)C1CCCCN1Cc1ccc(Br)cc1[N+](=O)[O-]. The molecule has 0 aliphatic carbocycles. The van der Waals surface area contributed by atoms with E-state index in [-0.39, 0.29) is 5.69 Å². The molecule has 0 bridgehead atoms. The van der Waals surface area contributed by atoms with E-state index in [9.17, 15) is 20.0 Å². The maximum atomic E-state index is 11.2. The highest BCUT2D eigenvalue weighted by Crippen LogP contribution is 2.27. The van der Waals surface area contributed by atoms with Crippen LogP contribution in [0.2, 0.25) is 0 Å². The van der Waals surface area contributed by atoms with Crippen LogP contribution in [0.3, 0.4) is 0 Å². The van der Waals surface area contributed by atoms with Gasteiger partial charge in [0, 0.05) is 22.6 Å². The van der Waals surface area contributed by atoms with Gasteiger partial charge in [0.1, 0.15) is 6.04 Å². The second-order valence-electron chi connectivity index (χ2n) is 4.85. The van der Waals surface area contributed by atoms with Crippen molar-refractivity contribution in [2.75, 3.05) is 6.54 Å². The molecule has 1 fully saturated rings. The van der Waals surface area contributed by atoms with Crippen molar-refractivity contribution < 1.29 is 14.8 Å². The molecule has 1 unspecified atom stereocenters. The molecule has 1 saturated heterocycles. The van der Waals surface area contributed by atoms with Crippen LogP contribution in [0.15, 0.2) is 22.7 Å². The molecule has 0 spiro atoms. The molecule has 0 saturated carbocycles. The smallest absolute Gasteiger partial charge is 0.320 e. The summed E-state index contributed by atoms with van der Waals surface area (Å²) >= 11 is 3.21. The molecule has 1 heterocycles. The van der Waals surface area contributed by atoms with E-state index in [1.54, 1.807) is 12.1 Å². The van der Waals surface area contributed by atoms with E-state index in [1.165, 1.54) is 6.07 Å². The molecule has 7 heteroatoms. The van der Waals surface area contributed by atoms with Crippen molar-refractivity contribution in [3.8, 4) is 0 Å². The predicted octanol–water partition coefficient (Wildman–Crippen LogP) is 2.80. The number of nitro benzene ring substituents is 1. The van der Waals surface area contributed by atoms with Gasteiger partial charge in [0.25, 0.3) is 5.69 Å². The minimum Gasteiger partial charge on any atom is -0.480 e. The lowest BCUT2D eigenvalue weighted by Gasteiger charge is -2.32. The lowest BCUT2D eigenvalue weighted by Crippen LogP contribution is -2.44. The van der Waals surface area contributed by atoms with E-state index < -0.39 is 16.9 Å². The Bertz CT molecular complexity index is 535. The third-order valence-corrected chi connectivity index (χ3v) is 4.01. The van der Waals surface area contributed by atoms with Crippen molar-refractivity contribution in [1.82, 2.24) is 4.90 Å². The van der Waals surface area contributed by atoms with Crippen LogP contribution in [0.4, 0.5) is 5.69 Å². The summed E-state index contributed by atoms with van der Waals surface area (Å²) in [5.74, 6) is -0.857. The molecule has 20 heavy (non-hydrogen) atoms. The van der Waals surface area contributed by atoms with E-state index in [1.807, 2.05) is 4.90 Å². The van der Waals surface area contributed by atoms with Gasteiger partial charge in [-0.2, -0.15) is 0 Å². The molecule has 1 N–H and O–H groups in total. The maximum Gasteiger partial charge on any atom is 0.320 e. The van der Waals surface area contributed by atoms with Gasteiger partial charge < -0.3 is 5.11 Å². The normalized spacial score (nSPS) is 19.8. The number of nitrogens with zero attached hydrogens (tertiary/aromatic N) is 2. The number of aliphatic carboxylic acids is 1. The van der Waals surface area contributed by atoms with E-state index >= 15 is 0 Å². The van der Waals surface area contributed by atoms with Crippen molar-refractivity contribution >= 4 is 27.6 Å². The average Bonchev–Trinajstić information content (AvgIpc) is 2.41. The van der Waals surface area contributed by atoms with Crippen LogP contribution in [0.25, 0.3) is 0 Å². The van der Waals surface area contributed by atoms with Crippen LogP contribution < -0.4 is 0 Å². The average molecular weight is 343 g/mol. The summed E-state index contributed by atoms with van der Waals surface area (Å²) in [5, 5.41) is 20.3. The largest absolute Gasteiger partial charge is 0.480 e. The molecule has 6 nitrogen and oxygen atoms in total. The third-order valence-electron chi connectivity index (χ3n) is 3.52. The number of carboxylic acid groups (broad SMARTS) is 1. The fraction of sp³-hybridized carbons (Fsp3) is 0.462. The molecule has 108 valence electrons. The number of rotatable bonds is 4. The molecular weight excluding hydrogens is 328 g/mol. The van der Waals surface area contributed by atoms with Gasteiger partial charge in [-0.05, 0) is 31.5 Å². The van der Waals surface area contributed by atoms with E-state index in [0.717, 1.165) is 12.8 Å². The zero-order valence-corrected chi connectivity index (χ0v) is 12.4. The van der Waals surface area contributed by atoms with Gasteiger partial charge in [-0.25, -0.2) is 0 Å². The number of benzene rings is 1. The Morgan fingerprint density at radius 3 is 2.90 bits per heavy atom. The number of piperidine rings is 1. The Morgan fingerprint density at radius 2 is 2.25 bits per heavy atom. The van der Waals surface area contributed by atoms with Gasteiger partial charge in [-0.3, -0.25) is 19.8 Å². The van der Waals surface area contributed by atoms with Crippen molar-refractivity contribution in [2.45, 2.75) is 31.8 Å². The molecular formula is C13H15BrN2O4. The summed E-state index contributed by atoms with van der Waals surface area (Å²) in [5.41, 5.74) is 0.570. The lowest BCUT2D eigenvalue weighted by molar-refractivity contribution is -0.385. The van der Waals surface area contributed by atoms with Crippen LogP contribution in [-0.2, 0) is 11.3 Å². The van der Waals surface area contributed by atoms with E-state index in [2.05, 4.69) is 15.9 Å². The predicted molar refractivity (Wildman–Crippen MR) is 76.5 cm³/mol. The topological polar surface area (TPSA) is 83.7 Å². The van der Waals surface area contributed by atoms with Crippen LogP contribution in [0, 0.1) is 10.1 Å². The Kier molecular flexibility index (Phi) is 4.72. The molecule has 1 aromatic carbocycles. The quantitative estimate of drug-likeness (QED) is 0.671. The highest BCUT2D eigenvalue weighted by Gasteiger charge is 2.29. The standard InChI is InChI=1S/C13H15BrN2O4/c14-10-5-4-9(12(7-10)16(19)20)8-15-6-2-1-3-11(15)13(17)18/h4-5,7,11H,1-3,6,8H2,(H,17,18). The number of carboxylic acids is 1. The van der Waals surface area contributed by atoms with Gasteiger partial charge >= 0.3 is 5.97 Å². The Labute approximate surface area is 124 Å². The van der Waals surface area contributed by atoms with Gasteiger partial charge in [-0.15, -0.1) is 0 Å². The van der Waals surface area contributed by atoms with Crippen molar-refractivity contribution in [2.24, 2.45) is 0 Å². The summed E-state index contributed by atoms with van der Waals surface area (Å²) < 4.78 is 0.640. The summed E-state index contributed by atoms with van der Waals surface area (Å²) in [4.78, 5) is 23.7. The van der Waals surface area contributed by atoms with Gasteiger partial charge in [-0.1, -0.05) is 22.4 Å². The summed E-state index contributed by atoms with van der Waals surface area (Å²) in [6, 6.07) is 4.32. The highest BCUT2D eigenvalue weighted by molar-refractivity contribution is 9.10. The first-order valence-electron chi connectivity index (χ1n) is 6.38. The molecule has 2 rings (SSSR count). The first-order chi connectivity index (χ1) is 9.49. The van der Waals surface area contributed by atoms with Crippen LogP contribution in [0.5, 0.6) is 0 Å². The molecule has 0 aromatic heterocycles. The molecule has 0 amide bonds. The van der Waals surface area contributed by atoms with E-state index in [0.29, 0.717) is 29.5 Å². The molecule has 1 aromatic rings. The third kappa shape index (κ3) is 3.34. The van der Waals surface area contributed by atoms with Crippen LogP contribution in [0.1, 0.15) is 24.8 Å². The van der Waals surface area contributed by atoms with Gasteiger partial charge in [0.05, 0.1) is 4.92 Å². The summed E-state index contributed by atoms with van der Waals surface area (Å²) in [6.45, 7) is 0.949. The number of likely N-dealkylation sites (tertiary alicyclic amines) is 1. The zero-order chi connectivity index (χ0) is 14.7. The molecule has 1 aliphatic heterocycles. The fourth-order valence-electron chi connectivity index (χ4n) is 2.52.